The number of hydrogen-bond acceptors (Lipinski definition) is 3. The fraction of sp³-hybridized carbons (Fsp3) is 0. The van der Waals surface area contributed by atoms with Crippen molar-refractivity contribution >= 4 is 43.7 Å². The van der Waals surface area contributed by atoms with E-state index in [-0.39, 0.29) is 0 Å². The van der Waals surface area contributed by atoms with Crippen LogP contribution in [0.1, 0.15) is 0 Å². The normalized spacial score (nSPS) is 11.5. The predicted octanol–water partition coefficient (Wildman–Crippen LogP) is 17.1. The lowest BCUT2D eigenvalue weighted by Crippen LogP contribution is -1.97. The van der Waals surface area contributed by atoms with Gasteiger partial charge in [0, 0.05) is 43.9 Å². The van der Waals surface area contributed by atoms with Gasteiger partial charge in [-0.1, -0.05) is 182 Å². The highest BCUT2D eigenvalue weighted by molar-refractivity contribution is 6.22. The van der Waals surface area contributed by atoms with Crippen molar-refractivity contribution in [3.63, 3.8) is 0 Å². The zero-order valence-electron chi connectivity index (χ0n) is 36.9. The Morgan fingerprint density at radius 3 is 1.53 bits per heavy atom. The van der Waals surface area contributed by atoms with E-state index >= 15 is 0 Å². The first-order valence-corrected chi connectivity index (χ1v) is 23.1. The van der Waals surface area contributed by atoms with E-state index in [1.165, 1.54) is 16.5 Å². The van der Waals surface area contributed by atoms with Crippen LogP contribution in [0.25, 0.3) is 128 Å². The van der Waals surface area contributed by atoms with E-state index in [1.807, 2.05) is 24.3 Å². The van der Waals surface area contributed by atoms with Crippen LogP contribution in [0.3, 0.4) is 0 Å². The summed E-state index contributed by atoms with van der Waals surface area (Å²) in [5.41, 5.74) is 18.7. The minimum absolute atomic E-state index is 0.671. The Hall–Kier alpha value is -9.12. The first-order valence-electron chi connectivity index (χ1n) is 23.1. The summed E-state index contributed by atoms with van der Waals surface area (Å²) in [6.07, 6.45) is 0. The van der Waals surface area contributed by atoms with Gasteiger partial charge in [-0.05, 0) is 111 Å². The second kappa shape index (κ2) is 16.4. The second-order valence-corrected chi connectivity index (χ2v) is 17.3. The van der Waals surface area contributed by atoms with Crippen molar-refractivity contribution in [3.05, 3.63) is 249 Å². The fourth-order valence-electron chi connectivity index (χ4n) is 9.93. The molecular formula is C64H41N3O. The molecule has 0 fully saturated rings. The van der Waals surface area contributed by atoms with E-state index in [9.17, 15) is 0 Å². The first kappa shape index (κ1) is 39.3. The highest BCUT2D eigenvalue weighted by atomic mass is 16.3. The van der Waals surface area contributed by atoms with E-state index in [0.29, 0.717) is 5.82 Å². The summed E-state index contributed by atoms with van der Waals surface area (Å²) >= 11 is 0. The number of hydrogen-bond donors (Lipinski definition) is 0. The van der Waals surface area contributed by atoms with Crippen LogP contribution in [-0.4, -0.2) is 14.5 Å². The summed E-state index contributed by atoms with van der Waals surface area (Å²) in [7, 11) is 0. The molecule has 0 aliphatic rings. The Morgan fingerprint density at radius 2 is 0.853 bits per heavy atom. The first-order chi connectivity index (χ1) is 33.7. The van der Waals surface area contributed by atoms with Crippen LogP contribution >= 0.6 is 0 Å². The molecule has 13 aromatic rings. The zero-order valence-corrected chi connectivity index (χ0v) is 36.9. The molecule has 0 unspecified atom stereocenters. The van der Waals surface area contributed by atoms with Crippen LogP contribution in [0.5, 0.6) is 0 Å². The average Bonchev–Trinajstić information content (AvgIpc) is 3.97. The summed E-state index contributed by atoms with van der Waals surface area (Å²) in [4.78, 5) is 10.6. The molecule has 0 amide bonds. The SMILES string of the molecule is c1ccc(-c2cc(-c3ccccc3)cc(-c3ccc(-c4ccc5oc6c(ccc7c8ccccc8n(-c8ccccc8)c76)c5c4)c(-c4cc(-c5ccccc5)nc(-c5ccccc5)n4)c3)c2)cc1. The van der Waals surface area contributed by atoms with Crippen LogP contribution in [0.15, 0.2) is 253 Å². The molecule has 0 aliphatic carbocycles. The van der Waals surface area contributed by atoms with Crippen molar-refractivity contribution < 1.29 is 4.42 Å². The van der Waals surface area contributed by atoms with Gasteiger partial charge in [0.1, 0.15) is 5.58 Å². The lowest BCUT2D eigenvalue weighted by atomic mass is 9.89. The molecule has 4 nitrogen and oxygen atoms in total. The molecule has 3 aromatic heterocycles. The van der Waals surface area contributed by atoms with E-state index in [0.717, 1.165) is 106 Å². The molecule has 0 radical (unpaired) electrons. The number of fused-ring (bicyclic) bond motifs is 7. The molecule has 0 saturated carbocycles. The van der Waals surface area contributed by atoms with Gasteiger partial charge in [0.05, 0.1) is 22.4 Å². The van der Waals surface area contributed by atoms with Crippen molar-refractivity contribution in [2.24, 2.45) is 0 Å². The van der Waals surface area contributed by atoms with Gasteiger partial charge >= 0.3 is 0 Å². The van der Waals surface area contributed by atoms with Gasteiger partial charge in [-0.3, -0.25) is 0 Å². The smallest absolute Gasteiger partial charge is 0.160 e. The van der Waals surface area contributed by atoms with Crippen LogP contribution in [-0.2, 0) is 0 Å². The van der Waals surface area contributed by atoms with Crippen LogP contribution in [0.4, 0.5) is 0 Å². The molecule has 13 rings (SSSR count). The van der Waals surface area contributed by atoms with E-state index in [4.69, 9.17) is 14.4 Å². The van der Waals surface area contributed by atoms with E-state index < -0.39 is 0 Å². The molecule has 10 aromatic carbocycles. The van der Waals surface area contributed by atoms with Crippen LogP contribution < -0.4 is 0 Å². The molecule has 3 heterocycles. The van der Waals surface area contributed by atoms with Crippen LogP contribution in [0, 0.1) is 0 Å². The molecule has 0 aliphatic heterocycles. The van der Waals surface area contributed by atoms with Gasteiger partial charge in [0.25, 0.3) is 0 Å². The third-order valence-corrected chi connectivity index (χ3v) is 13.2. The highest BCUT2D eigenvalue weighted by Gasteiger charge is 2.21. The maximum atomic E-state index is 6.92. The van der Waals surface area contributed by atoms with Crippen molar-refractivity contribution in [3.8, 4) is 84.1 Å². The highest BCUT2D eigenvalue weighted by Crippen LogP contribution is 2.44. The number of para-hydroxylation sites is 2. The lowest BCUT2D eigenvalue weighted by molar-refractivity contribution is 0.671. The standard InChI is InChI=1S/C64H41N3O/c1-6-18-42(19-7-1)48-36-49(43-20-8-2-9-21-43)38-50(37-48)46-30-32-52(56(39-46)59-41-58(44-22-10-3-11-23-44)65-64(66-59)45-24-12-4-13-25-45)47-31-35-61-57(40-47)55-34-33-54-53-28-16-17-29-60(53)67(62(54)63(55)68-61)51-26-14-5-15-27-51/h1-41H. The Morgan fingerprint density at radius 1 is 0.309 bits per heavy atom. The maximum absolute atomic E-state index is 6.92. The molecule has 4 heteroatoms. The molecule has 0 spiro atoms. The molecule has 0 N–H and O–H groups in total. The lowest BCUT2D eigenvalue weighted by Gasteiger charge is -2.16. The van der Waals surface area contributed by atoms with Crippen molar-refractivity contribution in [1.82, 2.24) is 14.5 Å². The van der Waals surface area contributed by atoms with E-state index in [2.05, 4.69) is 229 Å². The summed E-state index contributed by atoms with van der Waals surface area (Å²) in [6.45, 7) is 0. The summed E-state index contributed by atoms with van der Waals surface area (Å²) in [6, 6.07) is 88.1. The Bertz CT molecular complexity index is 3870. The van der Waals surface area contributed by atoms with Gasteiger partial charge in [-0.15, -0.1) is 0 Å². The molecular weight excluding hydrogens is 827 g/mol. The molecule has 68 heavy (non-hydrogen) atoms. The predicted molar refractivity (Wildman–Crippen MR) is 282 cm³/mol. The Balaban J connectivity index is 1.05. The minimum Gasteiger partial charge on any atom is -0.454 e. The number of rotatable bonds is 8. The van der Waals surface area contributed by atoms with Gasteiger partial charge in [0.15, 0.2) is 11.4 Å². The van der Waals surface area contributed by atoms with Gasteiger partial charge < -0.3 is 8.98 Å². The fourth-order valence-corrected chi connectivity index (χ4v) is 9.93. The maximum Gasteiger partial charge on any atom is 0.160 e. The van der Waals surface area contributed by atoms with Gasteiger partial charge in [-0.25, -0.2) is 9.97 Å². The molecule has 0 atom stereocenters. The third kappa shape index (κ3) is 6.86. The van der Waals surface area contributed by atoms with Gasteiger partial charge in [0.2, 0.25) is 0 Å². The summed E-state index contributed by atoms with van der Waals surface area (Å²) in [5.74, 6) is 0.671. The Labute approximate surface area is 393 Å². The average molecular weight is 868 g/mol. The minimum atomic E-state index is 0.671. The second-order valence-electron chi connectivity index (χ2n) is 17.3. The Kier molecular flexibility index (Phi) is 9.47. The topological polar surface area (TPSA) is 43.9 Å². The van der Waals surface area contributed by atoms with Crippen molar-refractivity contribution in [2.45, 2.75) is 0 Å². The van der Waals surface area contributed by atoms with E-state index in [1.54, 1.807) is 0 Å². The number of nitrogens with zero attached hydrogens (tertiary/aromatic N) is 3. The number of aromatic nitrogens is 3. The molecule has 0 saturated heterocycles. The molecule has 0 bridgehead atoms. The quantitative estimate of drug-likeness (QED) is 0.153. The summed E-state index contributed by atoms with van der Waals surface area (Å²) in [5, 5.41) is 4.48. The van der Waals surface area contributed by atoms with Crippen molar-refractivity contribution in [2.75, 3.05) is 0 Å². The third-order valence-electron chi connectivity index (χ3n) is 13.2. The number of furan rings is 1. The van der Waals surface area contributed by atoms with Crippen LogP contribution in [0.2, 0.25) is 0 Å². The molecule has 318 valence electrons. The van der Waals surface area contributed by atoms with Crippen molar-refractivity contribution in [1.29, 1.82) is 0 Å². The van der Waals surface area contributed by atoms with Gasteiger partial charge in [-0.2, -0.15) is 0 Å². The monoisotopic (exact) mass is 867 g/mol. The zero-order chi connectivity index (χ0) is 45.0. The summed E-state index contributed by atoms with van der Waals surface area (Å²) < 4.78 is 9.26. The largest absolute Gasteiger partial charge is 0.454 e. The number of benzene rings is 10.